The summed E-state index contributed by atoms with van der Waals surface area (Å²) in [6.07, 6.45) is 0. The van der Waals surface area contributed by atoms with Crippen molar-refractivity contribution in [2.24, 2.45) is 0 Å². The van der Waals surface area contributed by atoms with Crippen LogP contribution in [0.15, 0.2) is 223 Å². The Labute approximate surface area is 333 Å². The number of hydrogen-bond acceptors (Lipinski definition) is 2. The van der Waals surface area contributed by atoms with E-state index < -0.39 is 0 Å². The van der Waals surface area contributed by atoms with Crippen LogP contribution < -0.4 is 4.90 Å². The summed E-state index contributed by atoms with van der Waals surface area (Å²) in [6.45, 7) is 2.14. The second-order valence-corrected chi connectivity index (χ2v) is 14.6. The number of rotatable bonds is 8. The highest BCUT2D eigenvalue weighted by molar-refractivity contribution is 5.97. The van der Waals surface area contributed by atoms with E-state index in [4.69, 9.17) is 4.42 Å². The van der Waals surface area contributed by atoms with E-state index in [0.29, 0.717) is 0 Å². The Balaban J connectivity index is 0.954. The molecule has 57 heavy (non-hydrogen) atoms. The summed E-state index contributed by atoms with van der Waals surface area (Å²) in [4.78, 5) is 2.34. The van der Waals surface area contributed by atoms with Crippen LogP contribution in [0, 0.1) is 6.92 Å². The summed E-state index contributed by atoms with van der Waals surface area (Å²) in [7, 11) is 0. The van der Waals surface area contributed by atoms with Gasteiger partial charge in [0.05, 0.1) is 0 Å². The lowest BCUT2D eigenvalue weighted by molar-refractivity contribution is 0.629. The molecule has 0 fully saturated rings. The molecular weight excluding hydrogens is 691 g/mol. The van der Waals surface area contributed by atoms with E-state index in [0.717, 1.165) is 44.9 Å². The molecule has 0 aliphatic heterocycles. The minimum atomic E-state index is 0.921. The lowest BCUT2D eigenvalue weighted by Gasteiger charge is -2.26. The van der Waals surface area contributed by atoms with Gasteiger partial charge in [0, 0.05) is 33.6 Å². The molecular formula is C55H39NO. The Bertz CT molecular complexity index is 2970. The highest BCUT2D eigenvalue weighted by atomic mass is 16.3. The summed E-state index contributed by atoms with van der Waals surface area (Å²) in [5.41, 5.74) is 16.0. The highest BCUT2D eigenvalue weighted by Crippen LogP contribution is 2.39. The molecule has 0 aliphatic rings. The molecule has 10 rings (SSSR count). The van der Waals surface area contributed by atoms with Crippen LogP contribution in [0.3, 0.4) is 0 Å². The third-order valence-corrected chi connectivity index (χ3v) is 11.1. The van der Waals surface area contributed by atoms with E-state index >= 15 is 0 Å². The van der Waals surface area contributed by atoms with Gasteiger partial charge in [0.15, 0.2) is 0 Å². The summed E-state index contributed by atoms with van der Waals surface area (Å²) >= 11 is 0. The van der Waals surface area contributed by atoms with Gasteiger partial charge in [-0.05, 0) is 111 Å². The Morgan fingerprint density at radius 2 is 0.772 bits per heavy atom. The molecule has 0 radical (unpaired) electrons. The van der Waals surface area contributed by atoms with Gasteiger partial charge < -0.3 is 9.32 Å². The van der Waals surface area contributed by atoms with Gasteiger partial charge in [0.1, 0.15) is 11.3 Å². The van der Waals surface area contributed by atoms with Gasteiger partial charge >= 0.3 is 0 Å². The normalized spacial score (nSPS) is 11.2. The van der Waals surface area contributed by atoms with Crippen LogP contribution in [0.2, 0.25) is 0 Å². The fourth-order valence-corrected chi connectivity index (χ4v) is 8.10. The predicted octanol–water partition coefficient (Wildman–Crippen LogP) is 15.7. The van der Waals surface area contributed by atoms with E-state index in [2.05, 4.69) is 218 Å². The van der Waals surface area contributed by atoms with Crippen molar-refractivity contribution in [3.8, 4) is 55.8 Å². The Hall–Kier alpha value is -7.42. The van der Waals surface area contributed by atoms with E-state index in [1.165, 1.54) is 55.3 Å². The highest BCUT2D eigenvalue weighted by Gasteiger charge is 2.16. The summed E-state index contributed by atoms with van der Waals surface area (Å²) in [5, 5.41) is 3.67. The van der Waals surface area contributed by atoms with Crippen LogP contribution in [0.5, 0.6) is 0 Å². The molecule has 0 bridgehead atoms. The largest absolute Gasteiger partial charge is 0.456 e. The van der Waals surface area contributed by atoms with E-state index in [1.54, 1.807) is 0 Å². The van der Waals surface area contributed by atoms with Crippen molar-refractivity contribution in [2.75, 3.05) is 4.90 Å². The van der Waals surface area contributed by atoms with Crippen LogP contribution >= 0.6 is 0 Å². The first kappa shape index (κ1) is 34.1. The maximum Gasteiger partial charge on any atom is 0.138 e. The van der Waals surface area contributed by atoms with Crippen molar-refractivity contribution < 1.29 is 4.42 Å². The molecule has 270 valence electrons. The van der Waals surface area contributed by atoms with E-state index in [-0.39, 0.29) is 0 Å². The first-order valence-corrected chi connectivity index (χ1v) is 19.5. The number of benzene rings is 9. The number of para-hydroxylation sites is 1. The van der Waals surface area contributed by atoms with Gasteiger partial charge in [0.2, 0.25) is 0 Å². The first-order valence-electron chi connectivity index (χ1n) is 19.5. The van der Waals surface area contributed by atoms with Crippen molar-refractivity contribution in [1.29, 1.82) is 0 Å². The molecule has 10 aromatic rings. The molecule has 0 saturated carbocycles. The molecule has 0 aliphatic carbocycles. The predicted molar refractivity (Wildman–Crippen MR) is 240 cm³/mol. The van der Waals surface area contributed by atoms with Crippen LogP contribution in [0.25, 0.3) is 77.6 Å². The number of fused-ring (bicyclic) bond motifs is 2. The fourth-order valence-electron chi connectivity index (χ4n) is 8.10. The maximum absolute atomic E-state index is 6.29. The van der Waals surface area contributed by atoms with Crippen molar-refractivity contribution in [1.82, 2.24) is 0 Å². The monoisotopic (exact) mass is 729 g/mol. The average molecular weight is 730 g/mol. The fraction of sp³-hybridized carbons (Fsp3) is 0.0182. The van der Waals surface area contributed by atoms with Gasteiger partial charge in [0.25, 0.3) is 0 Å². The van der Waals surface area contributed by atoms with Gasteiger partial charge in [-0.2, -0.15) is 0 Å². The molecule has 2 nitrogen and oxygen atoms in total. The van der Waals surface area contributed by atoms with Gasteiger partial charge in [-0.15, -0.1) is 0 Å². The minimum absolute atomic E-state index is 0.921. The molecule has 0 amide bonds. The Morgan fingerprint density at radius 1 is 0.333 bits per heavy atom. The summed E-state index contributed by atoms with van der Waals surface area (Å²) in [6, 6.07) is 78.1. The summed E-state index contributed by atoms with van der Waals surface area (Å²) in [5.74, 6) is 0.927. The number of anilines is 3. The molecule has 0 N–H and O–H groups in total. The zero-order chi connectivity index (χ0) is 38.1. The molecule has 0 unspecified atom stereocenters. The summed E-state index contributed by atoms with van der Waals surface area (Å²) < 4.78 is 6.29. The molecule has 0 spiro atoms. The molecule has 1 heterocycles. The topological polar surface area (TPSA) is 16.4 Å². The molecule has 0 saturated heterocycles. The first-order chi connectivity index (χ1) is 28.2. The van der Waals surface area contributed by atoms with E-state index in [9.17, 15) is 0 Å². The van der Waals surface area contributed by atoms with Gasteiger partial charge in [-0.3, -0.25) is 0 Å². The molecule has 9 aromatic carbocycles. The zero-order valence-electron chi connectivity index (χ0n) is 31.6. The Kier molecular flexibility index (Phi) is 8.78. The number of aryl methyl sites for hydroxylation is 1. The van der Waals surface area contributed by atoms with Crippen molar-refractivity contribution >= 4 is 38.8 Å². The molecule has 0 atom stereocenters. The Morgan fingerprint density at radius 3 is 1.40 bits per heavy atom. The van der Waals surface area contributed by atoms with Gasteiger partial charge in [-0.1, -0.05) is 170 Å². The molecule has 1 aromatic heterocycles. The lowest BCUT2D eigenvalue weighted by Crippen LogP contribution is -2.09. The number of hydrogen-bond donors (Lipinski definition) is 0. The minimum Gasteiger partial charge on any atom is -0.456 e. The van der Waals surface area contributed by atoms with Gasteiger partial charge in [-0.25, -0.2) is 0 Å². The van der Waals surface area contributed by atoms with Crippen molar-refractivity contribution in [2.45, 2.75) is 6.92 Å². The van der Waals surface area contributed by atoms with Crippen molar-refractivity contribution in [3.63, 3.8) is 0 Å². The zero-order valence-corrected chi connectivity index (χ0v) is 31.6. The smallest absolute Gasteiger partial charge is 0.138 e. The standard InChI is InChI=1S/C55H39NO/c1-38-51-17-7-8-20-54(51)57-55(38)47-16-9-15-46(37-47)43-23-21-40(22-24-43)42-27-33-49(34-28-42)56(48-31-25-41(26-32-48)39-11-3-2-4-12-39)50-35-29-45(30-36-50)53-19-10-14-44-13-5-6-18-52(44)53/h2-37H,1H3. The van der Waals surface area contributed by atoms with Crippen LogP contribution in [0.1, 0.15) is 5.56 Å². The van der Waals surface area contributed by atoms with Crippen LogP contribution in [0.4, 0.5) is 17.1 Å². The van der Waals surface area contributed by atoms with E-state index in [1.807, 2.05) is 12.1 Å². The molecule has 2 heteroatoms. The maximum atomic E-state index is 6.29. The quantitative estimate of drug-likeness (QED) is 0.155. The van der Waals surface area contributed by atoms with Crippen LogP contribution in [-0.4, -0.2) is 0 Å². The average Bonchev–Trinajstić information content (AvgIpc) is 3.63. The third kappa shape index (κ3) is 6.58. The second kappa shape index (κ2) is 14.7. The number of nitrogens with zero attached hydrogens (tertiary/aromatic N) is 1. The lowest BCUT2D eigenvalue weighted by atomic mass is 9.97. The van der Waals surface area contributed by atoms with Crippen LogP contribution in [-0.2, 0) is 0 Å². The second-order valence-electron chi connectivity index (χ2n) is 14.6. The van der Waals surface area contributed by atoms with Crippen molar-refractivity contribution in [3.05, 3.63) is 224 Å². The number of furan rings is 1. The SMILES string of the molecule is Cc1c(-c2cccc(-c3ccc(-c4ccc(N(c5ccc(-c6ccccc6)cc5)c5ccc(-c6cccc7ccccc67)cc5)cc4)cc3)c2)oc2ccccc12. The third-order valence-electron chi connectivity index (χ3n) is 11.1.